The molecule has 0 bridgehead atoms. The number of imide groups is 1. The van der Waals surface area contributed by atoms with Gasteiger partial charge in [-0.15, -0.1) is 11.8 Å². The van der Waals surface area contributed by atoms with Gasteiger partial charge < -0.3 is 14.8 Å². The minimum Gasteiger partial charge on any atom is -0.493 e. The van der Waals surface area contributed by atoms with Gasteiger partial charge >= 0.3 is 0 Å². The van der Waals surface area contributed by atoms with Crippen molar-refractivity contribution >= 4 is 63.4 Å². The first-order valence-corrected chi connectivity index (χ1v) is 12.3. The summed E-state index contributed by atoms with van der Waals surface area (Å²) in [6.45, 7) is 0. The lowest BCUT2D eigenvalue weighted by Crippen LogP contribution is -2.31. The fourth-order valence-corrected chi connectivity index (χ4v) is 4.93. The monoisotopic (exact) mass is 588 g/mol. The molecule has 3 amide bonds. The normalized spacial score (nSPS) is 15.4. The van der Waals surface area contributed by atoms with Crippen LogP contribution >= 0.6 is 34.4 Å². The lowest BCUT2D eigenvalue weighted by Gasteiger charge is -2.15. The topological polar surface area (TPSA) is 84.9 Å². The Morgan fingerprint density at radius 1 is 0.971 bits per heavy atom. The van der Waals surface area contributed by atoms with E-state index in [1.54, 1.807) is 42.5 Å². The molecule has 1 saturated heterocycles. The Labute approximate surface area is 215 Å². The van der Waals surface area contributed by atoms with Crippen LogP contribution in [0.25, 0.3) is 0 Å². The van der Waals surface area contributed by atoms with Crippen LogP contribution in [0.15, 0.2) is 71.6 Å². The molecule has 4 rings (SSSR count). The summed E-state index contributed by atoms with van der Waals surface area (Å²) in [5.41, 5.74) is 1.63. The summed E-state index contributed by atoms with van der Waals surface area (Å²) in [5, 5.41) is 2.36. The van der Waals surface area contributed by atoms with Crippen LogP contribution in [0.3, 0.4) is 0 Å². The molecule has 0 saturated carbocycles. The van der Waals surface area contributed by atoms with Crippen molar-refractivity contribution in [2.24, 2.45) is 0 Å². The van der Waals surface area contributed by atoms with Gasteiger partial charge in [0, 0.05) is 26.1 Å². The van der Waals surface area contributed by atoms with E-state index in [1.165, 1.54) is 30.9 Å². The minimum absolute atomic E-state index is 0.146. The Kier molecular flexibility index (Phi) is 7.42. The maximum absolute atomic E-state index is 12.9. The summed E-state index contributed by atoms with van der Waals surface area (Å²) in [7, 11) is 3.05. The molecule has 1 N–H and O–H groups in total. The van der Waals surface area contributed by atoms with Crippen LogP contribution < -0.4 is 19.7 Å². The third-order valence-corrected chi connectivity index (χ3v) is 7.14. The van der Waals surface area contributed by atoms with Crippen LogP contribution in [-0.4, -0.2) is 37.2 Å². The maximum Gasteiger partial charge on any atom is 0.255 e. The number of anilines is 2. The molecule has 1 aliphatic rings. The highest BCUT2D eigenvalue weighted by Gasteiger charge is 2.40. The molecular formula is C25H21IN2O5S. The number of thioether (sulfide) groups is 1. The third-order valence-electron chi connectivity index (χ3n) is 5.23. The zero-order valence-electron chi connectivity index (χ0n) is 18.4. The molecule has 0 radical (unpaired) electrons. The highest BCUT2D eigenvalue weighted by atomic mass is 127. The number of ether oxygens (including phenoxy) is 2. The fourth-order valence-electron chi connectivity index (χ4n) is 3.52. The number of carbonyl (C=O) groups is 3. The largest absolute Gasteiger partial charge is 0.493 e. The molecule has 1 atom stereocenters. The van der Waals surface area contributed by atoms with Crippen molar-refractivity contribution in [2.75, 3.05) is 24.4 Å². The first kappa shape index (κ1) is 24.1. The summed E-state index contributed by atoms with van der Waals surface area (Å²) >= 11 is 3.52. The number of nitrogens with zero attached hydrogens (tertiary/aromatic N) is 1. The Bertz CT molecular complexity index is 1230. The number of carbonyl (C=O) groups excluding carboxylic acids is 3. The van der Waals surface area contributed by atoms with E-state index in [9.17, 15) is 14.4 Å². The van der Waals surface area contributed by atoms with E-state index in [2.05, 4.69) is 27.9 Å². The Hall–Kier alpha value is -3.05. The smallest absolute Gasteiger partial charge is 0.255 e. The summed E-state index contributed by atoms with van der Waals surface area (Å²) in [5.74, 6) is 0.300. The predicted octanol–water partition coefficient (Wildman–Crippen LogP) is 4.98. The van der Waals surface area contributed by atoms with Gasteiger partial charge in [-0.3, -0.25) is 14.4 Å². The van der Waals surface area contributed by atoms with Crippen LogP contribution in [0.2, 0.25) is 0 Å². The molecule has 3 aromatic carbocycles. The lowest BCUT2D eigenvalue weighted by molar-refractivity contribution is -0.121. The Morgan fingerprint density at radius 2 is 1.65 bits per heavy atom. The van der Waals surface area contributed by atoms with Gasteiger partial charge in [0.25, 0.3) is 5.91 Å². The second-order valence-electron chi connectivity index (χ2n) is 7.40. The van der Waals surface area contributed by atoms with Gasteiger partial charge in [0.2, 0.25) is 11.8 Å². The number of amides is 3. The van der Waals surface area contributed by atoms with Crippen molar-refractivity contribution in [3.8, 4) is 11.5 Å². The zero-order valence-corrected chi connectivity index (χ0v) is 21.4. The Morgan fingerprint density at radius 3 is 2.29 bits per heavy atom. The van der Waals surface area contributed by atoms with Crippen LogP contribution in [-0.2, 0) is 9.59 Å². The number of benzene rings is 3. The van der Waals surface area contributed by atoms with Crippen LogP contribution in [0.1, 0.15) is 16.8 Å². The highest BCUT2D eigenvalue weighted by Crippen LogP contribution is 2.34. The first-order valence-electron chi connectivity index (χ1n) is 10.3. The first-order chi connectivity index (χ1) is 16.4. The van der Waals surface area contributed by atoms with Crippen molar-refractivity contribution in [3.05, 3.63) is 75.9 Å². The molecule has 3 aromatic rings. The van der Waals surface area contributed by atoms with Gasteiger partial charge in [-0.25, -0.2) is 4.90 Å². The number of methoxy groups -OCH3 is 2. The van der Waals surface area contributed by atoms with Gasteiger partial charge in [0.15, 0.2) is 11.5 Å². The molecule has 1 fully saturated rings. The van der Waals surface area contributed by atoms with Gasteiger partial charge in [-0.05, 0) is 89.3 Å². The second kappa shape index (κ2) is 10.5. The molecule has 34 heavy (non-hydrogen) atoms. The molecule has 0 aliphatic carbocycles. The SMILES string of the molecule is COc1ccc(C(=O)Nc2ccc(SC3CC(=O)N(c4ccc(I)cc4)C3=O)cc2)cc1OC. The summed E-state index contributed by atoms with van der Waals surface area (Å²) in [6, 6.07) is 19.4. The van der Waals surface area contributed by atoms with Gasteiger partial charge in [0.05, 0.1) is 25.2 Å². The second-order valence-corrected chi connectivity index (χ2v) is 9.92. The third kappa shape index (κ3) is 5.20. The number of nitrogens with one attached hydrogen (secondary N) is 1. The van der Waals surface area contributed by atoms with E-state index < -0.39 is 5.25 Å². The molecule has 1 aliphatic heterocycles. The van der Waals surface area contributed by atoms with Crippen LogP contribution in [0.5, 0.6) is 11.5 Å². The van der Waals surface area contributed by atoms with Crippen molar-refractivity contribution in [2.45, 2.75) is 16.6 Å². The standard InChI is InChI=1S/C25H21IN2O5S/c1-32-20-12-3-15(13-21(20)33-2)24(30)27-17-6-10-19(11-7-17)34-22-14-23(29)28(25(22)31)18-8-4-16(26)5-9-18/h3-13,22H,14H2,1-2H3,(H,27,30). The fraction of sp³-hybridized carbons (Fsp3) is 0.160. The molecule has 0 spiro atoms. The highest BCUT2D eigenvalue weighted by molar-refractivity contribution is 14.1. The maximum atomic E-state index is 12.9. The number of hydrogen-bond donors (Lipinski definition) is 1. The summed E-state index contributed by atoms with van der Waals surface area (Å²) < 4.78 is 11.5. The minimum atomic E-state index is -0.487. The number of halogens is 1. The lowest BCUT2D eigenvalue weighted by atomic mass is 10.2. The van der Waals surface area contributed by atoms with Crippen molar-refractivity contribution in [1.82, 2.24) is 0 Å². The summed E-state index contributed by atoms with van der Waals surface area (Å²) in [6.07, 6.45) is 0.146. The molecule has 1 heterocycles. The van der Waals surface area contributed by atoms with Gasteiger partial charge in [-0.2, -0.15) is 0 Å². The average Bonchev–Trinajstić information content (AvgIpc) is 3.12. The quantitative estimate of drug-likeness (QED) is 0.310. The van der Waals surface area contributed by atoms with E-state index in [0.717, 1.165) is 8.47 Å². The van der Waals surface area contributed by atoms with E-state index in [-0.39, 0.29) is 24.1 Å². The average molecular weight is 588 g/mol. The molecule has 174 valence electrons. The number of hydrogen-bond acceptors (Lipinski definition) is 6. The zero-order chi connectivity index (χ0) is 24.2. The van der Waals surface area contributed by atoms with Gasteiger partial charge in [-0.1, -0.05) is 0 Å². The molecule has 7 nitrogen and oxygen atoms in total. The van der Waals surface area contributed by atoms with Crippen molar-refractivity contribution in [1.29, 1.82) is 0 Å². The van der Waals surface area contributed by atoms with Crippen molar-refractivity contribution < 1.29 is 23.9 Å². The van der Waals surface area contributed by atoms with Gasteiger partial charge in [0.1, 0.15) is 0 Å². The van der Waals surface area contributed by atoms with E-state index in [4.69, 9.17) is 9.47 Å². The van der Waals surface area contributed by atoms with Crippen molar-refractivity contribution in [3.63, 3.8) is 0 Å². The molecular weight excluding hydrogens is 567 g/mol. The number of rotatable bonds is 7. The molecule has 0 aromatic heterocycles. The Balaban J connectivity index is 1.40. The molecule has 1 unspecified atom stereocenters. The predicted molar refractivity (Wildman–Crippen MR) is 140 cm³/mol. The van der Waals surface area contributed by atoms with Crippen LogP contribution in [0, 0.1) is 3.57 Å². The van der Waals surface area contributed by atoms with Crippen LogP contribution in [0.4, 0.5) is 11.4 Å². The summed E-state index contributed by atoms with van der Waals surface area (Å²) in [4.78, 5) is 40.1. The van der Waals surface area contributed by atoms with E-state index in [1.807, 2.05) is 24.3 Å². The molecule has 9 heteroatoms. The van der Waals surface area contributed by atoms with E-state index >= 15 is 0 Å². The van der Waals surface area contributed by atoms with E-state index in [0.29, 0.717) is 28.4 Å².